The Morgan fingerprint density at radius 3 is 2.19 bits per heavy atom. The van der Waals surface area contributed by atoms with E-state index in [-0.39, 0.29) is 11.7 Å². The molecule has 0 amide bonds. The fraction of sp³-hybridized carbons (Fsp3) is 0.286. The van der Waals surface area contributed by atoms with Crippen LogP contribution in [0.2, 0.25) is 0 Å². The second-order valence-corrected chi connectivity index (χ2v) is 7.62. The molecule has 2 aromatic carbocycles. The van der Waals surface area contributed by atoms with E-state index in [0.717, 1.165) is 22.2 Å². The topological polar surface area (TPSA) is 39.0 Å². The van der Waals surface area contributed by atoms with Crippen LogP contribution in [0, 0.1) is 0 Å². The Morgan fingerprint density at radius 1 is 0.962 bits per heavy atom. The lowest BCUT2D eigenvalue weighted by molar-refractivity contribution is 0.532. The summed E-state index contributed by atoms with van der Waals surface area (Å²) < 4.78 is 3.65. The Labute approximate surface area is 158 Å². The molecule has 0 fully saturated rings. The molecule has 4 nitrogen and oxygen atoms in total. The predicted molar refractivity (Wildman–Crippen MR) is 108 cm³/mol. The van der Waals surface area contributed by atoms with Crippen LogP contribution in [0.15, 0.2) is 75.4 Å². The van der Waals surface area contributed by atoms with Gasteiger partial charge in [0.25, 0.3) is 0 Å². The van der Waals surface area contributed by atoms with E-state index < -0.39 is 0 Å². The summed E-state index contributed by atoms with van der Waals surface area (Å²) in [6, 6.07) is 20.6. The van der Waals surface area contributed by atoms with Crippen LogP contribution in [-0.2, 0) is 20.1 Å². The highest BCUT2D eigenvalue weighted by molar-refractivity contribution is 7.99. The molecule has 136 valence electrons. The highest BCUT2D eigenvalue weighted by atomic mass is 32.2. The molecule has 3 rings (SSSR count). The van der Waals surface area contributed by atoms with E-state index in [2.05, 4.69) is 43.4 Å². The van der Waals surface area contributed by atoms with Crippen molar-refractivity contribution in [2.75, 3.05) is 0 Å². The number of aromatic nitrogens is 2. The molecular formula is C21H25N3OS. The van der Waals surface area contributed by atoms with Crippen molar-refractivity contribution in [3.8, 4) is 0 Å². The number of nitrogens with one attached hydrogen (secondary N) is 1. The van der Waals surface area contributed by atoms with E-state index in [1.807, 2.05) is 48.0 Å². The molecule has 0 saturated heterocycles. The van der Waals surface area contributed by atoms with Crippen molar-refractivity contribution in [3.05, 3.63) is 82.4 Å². The summed E-state index contributed by atoms with van der Waals surface area (Å²) in [4.78, 5) is 13.9. The first-order chi connectivity index (χ1) is 12.6. The van der Waals surface area contributed by atoms with Crippen molar-refractivity contribution < 1.29 is 0 Å². The Balaban J connectivity index is 1.87. The number of benzene rings is 2. The highest BCUT2D eigenvalue weighted by Crippen LogP contribution is 2.31. The highest BCUT2D eigenvalue weighted by Gasteiger charge is 2.20. The minimum Gasteiger partial charge on any atom is -0.307 e. The fourth-order valence-electron chi connectivity index (χ4n) is 2.93. The van der Waals surface area contributed by atoms with Gasteiger partial charge in [-0.05, 0) is 31.5 Å². The van der Waals surface area contributed by atoms with E-state index in [1.54, 1.807) is 16.3 Å². The predicted octanol–water partition coefficient (Wildman–Crippen LogP) is 4.21. The molecular weight excluding hydrogens is 342 g/mol. The Bertz CT molecular complexity index is 898. The van der Waals surface area contributed by atoms with Crippen molar-refractivity contribution in [1.29, 1.82) is 0 Å². The molecule has 0 bridgehead atoms. The molecule has 0 radical (unpaired) electrons. The Kier molecular flexibility index (Phi) is 6.01. The molecule has 0 aliphatic heterocycles. The zero-order valence-corrected chi connectivity index (χ0v) is 16.3. The summed E-state index contributed by atoms with van der Waals surface area (Å²) in [5.41, 5.74) is 2.29. The van der Waals surface area contributed by atoms with Crippen LogP contribution in [0.1, 0.15) is 31.1 Å². The van der Waals surface area contributed by atoms with Gasteiger partial charge in [-0.25, -0.2) is 4.79 Å². The van der Waals surface area contributed by atoms with Crippen LogP contribution in [0.3, 0.4) is 0 Å². The van der Waals surface area contributed by atoms with Gasteiger partial charge in [-0.1, -0.05) is 60.3 Å². The van der Waals surface area contributed by atoms with E-state index in [1.165, 1.54) is 5.56 Å². The maximum atomic E-state index is 12.8. The van der Waals surface area contributed by atoms with Crippen molar-refractivity contribution in [3.63, 3.8) is 0 Å². The lowest BCUT2D eigenvalue weighted by atomic mass is 10.2. The van der Waals surface area contributed by atoms with Gasteiger partial charge in [0.05, 0.1) is 5.69 Å². The van der Waals surface area contributed by atoms with Gasteiger partial charge < -0.3 is 5.32 Å². The third kappa shape index (κ3) is 4.11. The lowest BCUT2D eigenvalue weighted by Crippen LogP contribution is -2.25. The van der Waals surface area contributed by atoms with Gasteiger partial charge in [-0.15, -0.1) is 0 Å². The molecule has 3 aromatic rings. The number of hydrogen-bond acceptors (Lipinski definition) is 3. The molecule has 0 spiro atoms. The van der Waals surface area contributed by atoms with Crippen LogP contribution >= 0.6 is 11.8 Å². The summed E-state index contributed by atoms with van der Waals surface area (Å²) >= 11 is 1.65. The monoisotopic (exact) mass is 367 g/mol. The molecule has 0 aliphatic carbocycles. The normalized spacial score (nSPS) is 11.2. The van der Waals surface area contributed by atoms with Gasteiger partial charge in [0.15, 0.2) is 0 Å². The van der Waals surface area contributed by atoms with Crippen LogP contribution in [0.4, 0.5) is 0 Å². The average Bonchev–Trinajstić information content (AvgIpc) is 2.88. The van der Waals surface area contributed by atoms with Gasteiger partial charge in [0, 0.05) is 31.1 Å². The van der Waals surface area contributed by atoms with E-state index in [0.29, 0.717) is 6.54 Å². The third-order valence-corrected chi connectivity index (χ3v) is 5.44. The van der Waals surface area contributed by atoms with Gasteiger partial charge in [-0.3, -0.25) is 9.13 Å². The van der Waals surface area contributed by atoms with Gasteiger partial charge in [0.1, 0.15) is 5.03 Å². The first-order valence-electron chi connectivity index (χ1n) is 8.85. The van der Waals surface area contributed by atoms with Gasteiger partial charge >= 0.3 is 5.69 Å². The molecule has 0 atom stereocenters. The first-order valence-corrected chi connectivity index (χ1v) is 9.67. The van der Waals surface area contributed by atoms with E-state index in [4.69, 9.17) is 0 Å². The zero-order valence-electron chi connectivity index (χ0n) is 15.5. The van der Waals surface area contributed by atoms with Crippen molar-refractivity contribution in [2.45, 2.75) is 42.9 Å². The summed E-state index contributed by atoms with van der Waals surface area (Å²) in [7, 11) is 1.86. The van der Waals surface area contributed by atoms with Crippen LogP contribution in [0.25, 0.3) is 0 Å². The zero-order chi connectivity index (χ0) is 18.5. The second kappa shape index (κ2) is 8.43. The summed E-state index contributed by atoms with van der Waals surface area (Å²) in [6.07, 6.45) is 0. The minimum absolute atomic E-state index is 0.0370. The lowest BCUT2D eigenvalue weighted by Gasteiger charge is -2.13. The van der Waals surface area contributed by atoms with Crippen molar-refractivity contribution >= 4 is 11.8 Å². The Morgan fingerprint density at radius 2 is 1.58 bits per heavy atom. The molecule has 1 N–H and O–H groups in total. The molecule has 0 aliphatic rings. The number of rotatable bonds is 7. The number of nitrogens with zero attached hydrogens (tertiary/aromatic N) is 2. The van der Waals surface area contributed by atoms with Crippen LogP contribution in [-0.4, -0.2) is 9.13 Å². The largest absolute Gasteiger partial charge is 0.329 e. The fourth-order valence-corrected chi connectivity index (χ4v) is 4.16. The van der Waals surface area contributed by atoms with E-state index in [9.17, 15) is 4.79 Å². The van der Waals surface area contributed by atoms with Crippen LogP contribution in [0.5, 0.6) is 0 Å². The maximum absolute atomic E-state index is 12.8. The van der Waals surface area contributed by atoms with Crippen molar-refractivity contribution in [1.82, 2.24) is 14.5 Å². The summed E-state index contributed by atoms with van der Waals surface area (Å²) in [5, 5.41) is 4.49. The maximum Gasteiger partial charge on any atom is 0.329 e. The summed E-state index contributed by atoms with van der Waals surface area (Å²) in [5.74, 6) is 0. The summed E-state index contributed by atoms with van der Waals surface area (Å²) in [6.45, 7) is 5.53. The number of imidazole rings is 1. The average molecular weight is 368 g/mol. The quantitative estimate of drug-likeness (QED) is 0.680. The molecule has 5 heteroatoms. The van der Waals surface area contributed by atoms with Gasteiger partial charge in [0.2, 0.25) is 0 Å². The molecule has 1 heterocycles. The Hall–Kier alpha value is -2.24. The number of hydrogen-bond donors (Lipinski definition) is 1. The molecule has 1 aromatic heterocycles. The SMILES string of the molecule is CC(C)n1c(Sc2ccccc2)c(CNCc2ccccc2)n(C)c1=O. The van der Waals surface area contributed by atoms with Gasteiger partial charge in [-0.2, -0.15) is 0 Å². The third-order valence-electron chi connectivity index (χ3n) is 4.30. The van der Waals surface area contributed by atoms with Crippen LogP contribution < -0.4 is 11.0 Å². The smallest absolute Gasteiger partial charge is 0.307 e. The first kappa shape index (κ1) is 18.5. The van der Waals surface area contributed by atoms with E-state index >= 15 is 0 Å². The molecule has 0 unspecified atom stereocenters. The van der Waals surface area contributed by atoms with Crippen molar-refractivity contribution in [2.24, 2.45) is 7.05 Å². The molecule has 26 heavy (non-hydrogen) atoms. The standard InChI is InChI=1S/C21H25N3OS/c1-16(2)24-20(26-18-12-8-5-9-13-18)19(23(3)21(24)25)15-22-14-17-10-6-4-7-11-17/h4-13,16,22H,14-15H2,1-3H3. The minimum atomic E-state index is 0.0370. The molecule has 0 saturated carbocycles. The second-order valence-electron chi connectivity index (χ2n) is 6.56.